The van der Waals surface area contributed by atoms with Crippen LogP contribution < -0.4 is 0 Å². The topological polar surface area (TPSA) is 96.4 Å². The fourth-order valence-electron chi connectivity index (χ4n) is 7.03. The molecule has 0 radical (unpaired) electrons. The number of nitrogens with zero attached hydrogens (tertiary/aromatic N) is 2. The lowest BCUT2D eigenvalue weighted by Crippen LogP contribution is -2.62. The summed E-state index contributed by atoms with van der Waals surface area (Å²) in [6.07, 6.45) is 5.03. The zero-order chi connectivity index (χ0) is 28.6. The Bertz CT molecular complexity index is 1110. The van der Waals surface area contributed by atoms with Crippen LogP contribution in [-0.4, -0.2) is 81.3 Å². The standard InChI is InChI=1S/C31H42N2O6/c1-7-17-32(29(4,5)6)27(36)25-31-16-15-30(9-3,39-31)24(28(37)38-18-8-2)23(31)26(35)33(25)22(20-34)19-21-13-11-10-12-14-21/h7-8,10-14,22-25,34H,1-2,9,15-20H2,3-6H3/t22-,23+,24-,25?,30+,31?/m1/s1. The number of ether oxygens (including phenoxy) is 2. The molecule has 2 amide bonds. The first-order valence-corrected chi connectivity index (χ1v) is 13.9. The lowest BCUT2D eigenvalue weighted by atomic mass is 9.65. The van der Waals surface area contributed by atoms with E-state index in [-0.39, 0.29) is 31.6 Å². The maximum Gasteiger partial charge on any atom is 0.313 e. The third-order valence-corrected chi connectivity index (χ3v) is 8.76. The largest absolute Gasteiger partial charge is 0.461 e. The van der Waals surface area contributed by atoms with Crippen LogP contribution in [0, 0.1) is 11.8 Å². The SMILES string of the molecule is C=CCOC(=O)[C@H]1[C@H]2C(=O)N([C@@H](CO)Cc3ccccc3)C(C(=O)N(CC=C)C(C)(C)C)C23CC[C@]1(CC)O3. The van der Waals surface area contributed by atoms with Gasteiger partial charge in [0.1, 0.15) is 24.2 Å². The van der Waals surface area contributed by atoms with Gasteiger partial charge in [0.25, 0.3) is 0 Å². The molecule has 39 heavy (non-hydrogen) atoms. The summed E-state index contributed by atoms with van der Waals surface area (Å²) in [5.74, 6) is -2.84. The highest BCUT2D eigenvalue weighted by Crippen LogP contribution is 2.65. The van der Waals surface area contributed by atoms with Crippen molar-refractivity contribution >= 4 is 17.8 Å². The zero-order valence-corrected chi connectivity index (χ0v) is 23.6. The average molecular weight is 539 g/mol. The second-order valence-corrected chi connectivity index (χ2v) is 11.9. The summed E-state index contributed by atoms with van der Waals surface area (Å²) in [6.45, 7) is 15.2. The van der Waals surface area contributed by atoms with Crippen molar-refractivity contribution in [1.29, 1.82) is 0 Å². The van der Waals surface area contributed by atoms with E-state index in [1.54, 1.807) is 11.0 Å². The van der Waals surface area contributed by atoms with Gasteiger partial charge in [-0.25, -0.2) is 0 Å². The molecular formula is C31H42N2O6. The monoisotopic (exact) mass is 538 g/mol. The number of hydrogen-bond acceptors (Lipinski definition) is 6. The molecule has 0 aliphatic carbocycles. The van der Waals surface area contributed by atoms with Crippen molar-refractivity contribution in [3.63, 3.8) is 0 Å². The Hall–Kier alpha value is -2.97. The zero-order valence-electron chi connectivity index (χ0n) is 23.6. The van der Waals surface area contributed by atoms with E-state index in [0.717, 1.165) is 5.56 Å². The second-order valence-electron chi connectivity index (χ2n) is 11.9. The van der Waals surface area contributed by atoms with E-state index in [2.05, 4.69) is 13.2 Å². The van der Waals surface area contributed by atoms with E-state index >= 15 is 0 Å². The minimum Gasteiger partial charge on any atom is -0.461 e. The van der Waals surface area contributed by atoms with Crippen LogP contribution in [0.3, 0.4) is 0 Å². The molecule has 212 valence electrons. The van der Waals surface area contributed by atoms with Gasteiger partial charge in [-0.05, 0) is 52.0 Å². The summed E-state index contributed by atoms with van der Waals surface area (Å²) in [7, 11) is 0. The highest BCUT2D eigenvalue weighted by atomic mass is 16.6. The van der Waals surface area contributed by atoms with E-state index in [1.165, 1.54) is 11.0 Å². The molecule has 8 heteroatoms. The molecule has 0 saturated carbocycles. The normalized spacial score (nSPS) is 30.1. The summed E-state index contributed by atoms with van der Waals surface area (Å²) in [5, 5.41) is 10.6. The summed E-state index contributed by atoms with van der Waals surface area (Å²) < 4.78 is 12.3. The molecule has 3 aliphatic heterocycles. The van der Waals surface area contributed by atoms with Crippen molar-refractivity contribution in [3.05, 3.63) is 61.2 Å². The van der Waals surface area contributed by atoms with Gasteiger partial charge in [-0.1, -0.05) is 56.0 Å². The van der Waals surface area contributed by atoms with Gasteiger partial charge in [-0.15, -0.1) is 6.58 Å². The fraction of sp³-hybridized carbons (Fsp3) is 0.581. The van der Waals surface area contributed by atoms with Crippen molar-refractivity contribution in [2.75, 3.05) is 19.8 Å². The van der Waals surface area contributed by atoms with Gasteiger partial charge in [0.2, 0.25) is 11.8 Å². The smallest absolute Gasteiger partial charge is 0.313 e. The molecular weight excluding hydrogens is 496 g/mol. The Morgan fingerprint density at radius 3 is 2.49 bits per heavy atom. The van der Waals surface area contributed by atoms with E-state index in [9.17, 15) is 19.5 Å². The number of carbonyl (C=O) groups excluding carboxylic acids is 3. The van der Waals surface area contributed by atoms with Gasteiger partial charge in [-0.2, -0.15) is 0 Å². The molecule has 3 aliphatic rings. The van der Waals surface area contributed by atoms with Crippen molar-refractivity contribution in [2.45, 2.75) is 82.2 Å². The molecule has 3 heterocycles. The molecule has 3 saturated heterocycles. The Morgan fingerprint density at radius 1 is 1.23 bits per heavy atom. The molecule has 1 aromatic rings. The predicted octanol–water partition coefficient (Wildman–Crippen LogP) is 3.29. The van der Waals surface area contributed by atoms with Crippen LogP contribution in [0.2, 0.25) is 0 Å². The molecule has 2 unspecified atom stereocenters. The number of benzene rings is 1. The number of hydrogen-bond donors (Lipinski definition) is 1. The first-order valence-electron chi connectivity index (χ1n) is 13.9. The molecule has 6 atom stereocenters. The number of rotatable bonds is 11. The van der Waals surface area contributed by atoms with Gasteiger partial charge >= 0.3 is 5.97 Å². The number of carbonyl (C=O) groups is 3. The second kappa shape index (κ2) is 10.9. The minimum atomic E-state index is -1.20. The number of amides is 2. The Balaban J connectivity index is 1.85. The number of fused-ring (bicyclic) bond motifs is 1. The molecule has 3 fully saturated rings. The number of aliphatic hydroxyl groups is 1. The fourth-order valence-corrected chi connectivity index (χ4v) is 7.03. The molecule has 1 spiro atoms. The van der Waals surface area contributed by atoms with Gasteiger partial charge in [0, 0.05) is 12.1 Å². The van der Waals surface area contributed by atoms with Gasteiger partial charge in [-0.3, -0.25) is 14.4 Å². The van der Waals surface area contributed by atoms with E-state index in [1.807, 2.05) is 58.0 Å². The van der Waals surface area contributed by atoms with Crippen LogP contribution in [0.5, 0.6) is 0 Å². The summed E-state index contributed by atoms with van der Waals surface area (Å²) >= 11 is 0. The van der Waals surface area contributed by atoms with Crippen LogP contribution in [0.25, 0.3) is 0 Å². The Kier molecular flexibility index (Phi) is 8.11. The molecule has 4 rings (SSSR count). The number of esters is 1. The van der Waals surface area contributed by atoms with Gasteiger partial charge in [0.15, 0.2) is 0 Å². The summed E-state index contributed by atoms with van der Waals surface area (Å²) in [4.78, 5) is 45.7. The molecule has 1 N–H and O–H groups in total. The van der Waals surface area contributed by atoms with Crippen molar-refractivity contribution < 1.29 is 29.0 Å². The lowest BCUT2D eigenvalue weighted by Gasteiger charge is -2.43. The molecule has 2 bridgehead atoms. The number of aliphatic hydroxyl groups excluding tert-OH is 1. The van der Waals surface area contributed by atoms with E-state index in [0.29, 0.717) is 25.7 Å². The highest BCUT2D eigenvalue weighted by Gasteiger charge is 2.79. The van der Waals surface area contributed by atoms with Crippen molar-refractivity contribution in [2.24, 2.45) is 11.8 Å². The number of likely N-dealkylation sites (tertiary alicyclic amines) is 1. The van der Waals surface area contributed by atoms with Crippen LogP contribution >= 0.6 is 0 Å². The molecule has 1 aromatic carbocycles. The Labute approximate surface area is 231 Å². The van der Waals surface area contributed by atoms with E-state index < -0.39 is 46.6 Å². The van der Waals surface area contributed by atoms with Crippen LogP contribution in [0.15, 0.2) is 55.6 Å². The third-order valence-electron chi connectivity index (χ3n) is 8.76. The Morgan fingerprint density at radius 2 is 1.92 bits per heavy atom. The van der Waals surface area contributed by atoms with Gasteiger partial charge < -0.3 is 24.4 Å². The third kappa shape index (κ3) is 4.72. The van der Waals surface area contributed by atoms with Gasteiger partial charge in [0.05, 0.1) is 24.2 Å². The maximum absolute atomic E-state index is 14.6. The average Bonchev–Trinajstić information content (AvgIpc) is 3.52. The van der Waals surface area contributed by atoms with E-state index in [4.69, 9.17) is 9.47 Å². The quantitative estimate of drug-likeness (QED) is 0.343. The van der Waals surface area contributed by atoms with Crippen molar-refractivity contribution in [1.82, 2.24) is 9.80 Å². The first kappa shape index (κ1) is 29.0. The lowest BCUT2D eigenvalue weighted by molar-refractivity contribution is -0.164. The maximum atomic E-state index is 14.6. The minimum absolute atomic E-state index is 0.0273. The summed E-state index contributed by atoms with van der Waals surface area (Å²) in [6, 6.07) is 7.90. The molecule has 8 nitrogen and oxygen atoms in total. The highest BCUT2D eigenvalue weighted by molar-refractivity contribution is 5.99. The predicted molar refractivity (Wildman–Crippen MR) is 148 cm³/mol. The van der Waals surface area contributed by atoms with Crippen LogP contribution in [-0.2, 0) is 30.3 Å². The molecule has 0 aromatic heterocycles. The summed E-state index contributed by atoms with van der Waals surface area (Å²) in [5.41, 5.74) is -1.72. The first-order chi connectivity index (χ1) is 18.5. The van der Waals surface area contributed by atoms with Crippen LogP contribution in [0.1, 0.15) is 52.5 Å². The van der Waals surface area contributed by atoms with Crippen LogP contribution in [0.4, 0.5) is 0 Å². The van der Waals surface area contributed by atoms with Crippen molar-refractivity contribution in [3.8, 4) is 0 Å².